The lowest BCUT2D eigenvalue weighted by Gasteiger charge is -2.29. The van der Waals surface area contributed by atoms with Crippen LogP contribution >= 0.6 is 11.8 Å². The molecule has 2 aliphatic heterocycles. The average Bonchev–Trinajstić information content (AvgIpc) is 3.54. The van der Waals surface area contributed by atoms with Crippen molar-refractivity contribution in [1.82, 2.24) is 20.9 Å². The van der Waals surface area contributed by atoms with E-state index in [1.54, 1.807) is 11.8 Å². The molecular formula is C24H34N4O5S. The topological polar surface area (TPSA) is 128 Å². The molecule has 2 saturated heterocycles. The van der Waals surface area contributed by atoms with E-state index >= 15 is 0 Å². The van der Waals surface area contributed by atoms with E-state index in [2.05, 4.69) is 16.0 Å². The van der Waals surface area contributed by atoms with Gasteiger partial charge in [-0.1, -0.05) is 30.3 Å². The van der Waals surface area contributed by atoms with Crippen LogP contribution in [-0.2, 0) is 25.6 Å². The van der Waals surface area contributed by atoms with Gasteiger partial charge in [-0.2, -0.15) is 11.8 Å². The van der Waals surface area contributed by atoms with Crippen LogP contribution in [0.1, 0.15) is 37.7 Å². The molecule has 0 radical (unpaired) electrons. The summed E-state index contributed by atoms with van der Waals surface area (Å²) < 4.78 is 0. The van der Waals surface area contributed by atoms with E-state index in [1.807, 2.05) is 36.6 Å². The van der Waals surface area contributed by atoms with Gasteiger partial charge < -0.3 is 26.0 Å². The molecule has 9 nitrogen and oxygen atoms in total. The van der Waals surface area contributed by atoms with Crippen molar-refractivity contribution < 1.29 is 24.3 Å². The molecule has 10 heteroatoms. The lowest BCUT2D eigenvalue weighted by Crippen LogP contribution is -2.57. The Morgan fingerprint density at radius 1 is 1.12 bits per heavy atom. The van der Waals surface area contributed by atoms with Gasteiger partial charge in [-0.05, 0) is 56.2 Å². The average molecular weight is 491 g/mol. The molecule has 4 N–H and O–H groups in total. The Labute approximate surface area is 204 Å². The number of carboxylic acid groups (broad SMARTS) is 1. The maximum absolute atomic E-state index is 13.4. The first-order chi connectivity index (χ1) is 16.4. The van der Waals surface area contributed by atoms with Gasteiger partial charge in [0, 0.05) is 13.0 Å². The van der Waals surface area contributed by atoms with Crippen molar-refractivity contribution in [3.05, 3.63) is 35.9 Å². The number of aliphatic carboxylic acids is 1. The molecule has 1 aromatic rings. The van der Waals surface area contributed by atoms with Gasteiger partial charge in [-0.3, -0.25) is 14.4 Å². The van der Waals surface area contributed by atoms with Crippen LogP contribution in [0.5, 0.6) is 0 Å². The molecule has 2 fully saturated rings. The minimum absolute atomic E-state index is 0.231. The highest BCUT2D eigenvalue weighted by Gasteiger charge is 2.38. The molecule has 0 aliphatic carbocycles. The fraction of sp³-hybridized carbons (Fsp3) is 0.583. The van der Waals surface area contributed by atoms with E-state index in [-0.39, 0.29) is 24.3 Å². The van der Waals surface area contributed by atoms with Crippen LogP contribution in [0, 0.1) is 0 Å². The number of carbonyl (C=O) groups excluding carboxylic acids is 3. The first kappa shape index (κ1) is 26.0. The summed E-state index contributed by atoms with van der Waals surface area (Å²) in [6.07, 6.45) is 5.22. The van der Waals surface area contributed by atoms with Crippen LogP contribution in [-0.4, -0.2) is 83.0 Å². The maximum Gasteiger partial charge on any atom is 0.326 e. The van der Waals surface area contributed by atoms with Crippen LogP contribution in [0.4, 0.5) is 0 Å². The molecule has 1 aromatic carbocycles. The zero-order chi connectivity index (χ0) is 24.5. The fourth-order valence-electron chi connectivity index (χ4n) is 4.49. The van der Waals surface area contributed by atoms with Crippen LogP contribution < -0.4 is 16.0 Å². The van der Waals surface area contributed by atoms with Gasteiger partial charge in [0.15, 0.2) is 0 Å². The van der Waals surface area contributed by atoms with E-state index in [1.165, 1.54) is 4.90 Å². The lowest BCUT2D eigenvalue weighted by atomic mass is 10.0. The molecule has 186 valence electrons. The number of thioether (sulfide) groups is 1. The van der Waals surface area contributed by atoms with Gasteiger partial charge in [0.25, 0.3) is 0 Å². The van der Waals surface area contributed by atoms with E-state index in [4.69, 9.17) is 0 Å². The third kappa shape index (κ3) is 6.96. The number of rotatable bonds is 11. The second kappa shape index (κ2) is 12.8. The smallest absolute Gasteiger partial charge is 0.326 e. The maximum atomic E-state index is 13.4. The molecule has 0 saturated carbocycles. The summed E-state index contributed by atoms with van der Waals surface area (Å²) in [5.74, 6) is -1.45. The predicted molar refractivity (Wildman–Crippen MR) is 130 cm³/mol. The van der Waals surface area contributed by atoms with Crippen molar-refractivity contribution in [2.45, 2.75) is 62.7 Å². The Kier molecular flexibility index (Phi) is 9.76. The normalized spacial score (nSPS) is 21.6. The Morgan fingerprint density at radius 3 is 2.53 bits per heavy atom. The number of amides is 3. The Balaban J connectivity index is 1.75. The Morgan fingerprint density at radius 2 is 1.88 bits per heavy atom. The zero-order valence-corrected chi connectivity index (χ0v) is 20.3. The van der Waals surface area contributed by atoms with E-state index in [9.17, 15) is 24.3 Å². The summed E-state index contributed by atoms with van der Waals surface area (Å²) in [7, 11) is 0. The van der Waals surface area contributed by atoms with Gasteiger partial charge in [0.1, 0.15) is 18.1 Å². The molecule has 3 rings (SSSR count). The summed E-state index contributed by atoms with van der Waals surface area (Å²) in [5, 5.41) is 18.3. The number of carboxylic acids is 1. The molecule has 2 heterocycles. The summed E-state index contributed by atoms with van der Waals surface area (Å²) in [4.78, 5) is 52.4. The van der Waals surface area contributed by atoms with Crippen molar-refractivity contribution in [2.24, 2.45) is 0 Å². The van der Waals surface area contributed by atoms with Crippen LogP contribution in [0.2, 0.25) is 0 Å². The summed E-state index contributed by atoms with van der Waals surface area (Å²) in [5.41, 5.74) is 0.889. The minimum Gasteiger partial charge on any atom is -0.480 e. The largest absolute Gasteiger partial charge is 0.480 e. The van der Waals surface area contributed by atoms with Crippen molar-refractivity contribution >= 4 is 35.5 Å². The third-order valence-electron chi connectivity index (χ3n) is 6.34. The second-order valence-electron chi connectivity index (χ2n) is 8.77. The number of carbonyl (C=O) groups is 4. The Bertz CT molecular complexity index is 862. The van der Waals surface area contributed by atoms with E-state index < -0.39 is 30.0 Å². The lowest BCUT2D eigenvalue weighted by molar-refractivity contribution is -0.149. The second-order valence-corrected chi connectivity index (χ2v) is 9.76. The molecule has 0 bridgehead atoms. The SMILES string of the molecule is CSCCC(NC(=O)C(Cc1ccccc1)NC(=O)C1CCCN1)C(=O)N1CCCC1C(=O)O. The molecule has 2 aliphatic rings. The molecule has 4 atom stereocenters. The monoisotopic (exact) mass is 490 g/mol. The van der Waals surface area contributed by atoms with Crippen molar-refractivity contribution in [2.75, 3.05) is 25.1 Å². The van der Waals surface area contributed by atoms with E-state index in [0.717, 1.165) is 18.5 Å². The van der Waals surface area contributed by atoms with Gasteiger partial charge >= 0.3 is 5.97 Å². The molecule has 0 aromatic heterocycles. The Hall–Kier alpha value is -2.59. The number of nitrogens with one attached hydrogen (secondary N) is 3. The molecule has 34 heavy (non-hydrogen) atoms. The van der Waals surface area contributed by atoms with Gasteiger partial charge in [-0.15, -0.1) is 0 Å². The summed E-state index contributed by atoms with van der Waals surface area (Å²) >= 11 is 1.55. The number of hydrogen-bond donors (Lipinski definition) is 4. The number of hydrogen-bond acceptors (Lipinski definition) is 6. The number of likely N-dealkylation sites (tertiary alicyclic amines) is 1. The molecule has 0 spiro atoms. The standard InChI is InChI=1S/C24H34N4O5S/c1-34-14-11-18(23(31)28-13-6-10-20(28)24(32)33)26-22(30)19(15-16-7-3-2-4-8-16)27-21(29)17-9-5-12-25-17/h2-4,7-8,17-20,25H,5-6,9-15H2,1H3,(H,26,30)(H,27,29)(H,32,33). The first-order valence-electron chi connectivity index (χ1n) is 11.8. The van der Waals surface area contributed by atoms with Crippen molar-refractivity contribution in [3.8, 4) is 0 Å². The van der Waals surface area contributed by atoms with Crippen LogP contribution in [0.25, 0.3) is 0 Å². The number of benzene rings is 1. The van der Waals surface area contributed by atoms with Gasteiger partial charge in [0.05, 0.1) is 6.04 Å². The van der Waals surface area contributed by atoms with Crippen LogP contribution in [0.3, 0.4) is 0 Å². The van der Waals surface area contributed by atoms with Gasteiger partial charge in [-0.25, -0.2) is 4.79 Å². The minimum atomic E-state index is -1.03. The molecule has 4 unspecified atom stereocenters. The third-order valence-corrected chi connectivity index (χ3v) is 6.98. The highest BCUT2D eigenvalue weighted by molar-refractivity contribution is 7.98. The quantitative estimate of drug-likeness (QED) is 0.361. The fourth-order valence-corrected chi connectivity index (χ4v) is 4.96. The van der Waals surface area contributed by atoms with Crippen molar-refractivity contribution in [1.29, 1.82) is 0 Å². The zero-order valence-electron chi connectivity index (χ0n) is 19.5. The van der Waals surface area contributed by atoms with E-state index in [0.29, 0.717) is 38.0 Å². The predicted octanol–water partition coefficient (Wildman–Crippen LogP) is 0.779. The van der Waals surface area contributed by atoms with Gasteiger partial charge in [0.2, 0.25) is 17.7 Å². The molecular weight excluding hydrogens is 456 g/mol. The first-order valence-corrected chi connectivity index (χ1v) is 13.2. The highest BCUT2D eigenvalue weighted by Crippen LogP contribution is 2.20. The molecule has 3 amide bonds. The van der Waals surface area contributed by atoms with Crippen molar-refractivity contribution in [3.63, 3.8) is 0 Å². The highest BCUT2D eigenvalue weighted by atomic mass is 32.2. The summed E-state index contributed by atoms with van der Waals surface area (Å²) in [6, 6.07) is 6.50. The van der Waals surface area contributed by atoms with Crippen LogP contribution in [0.15, 0.2) is 30.3 Å². The summed E-state index contributed by atoms with van der Waals surface area (Å²) in [6.45, 7) is 1.12. The number of nitrogens with zero attached hydrogens (tertiary/aromatic N) is 1.